The predicted molar refractivity (Wildman–Crippen MR) is 103 cm³/mol. The molecule has 0 heterocycles. The van der Waals surface area contributed by atoms with Gasteiger partial charge in [0.15, 0.2) is 6.61 Å². The number of carbonyl (C=O) groups excluding carboxylic acids is 2. The molecule has 0 aliphatic rings. The molecule has 0 saturated carbocycles. The van der Waals surface area contributed by atoms with Gasteiger partial charge >= 0.3 is 11.9 Å². The van der Waals surface area contributed by atoms with Crippen molar-refractivity contribution in [1.29, 1.82) is 0 Å². The Morgan fingerprint density at radius 2 is 1.85 bits per heavy atom. The van der Waals surface area contributed by atoms with E-state index >= 15 is 0 Å². The molecule has 0 radical (unpaired) electrons. The van der Waals surface area contributed by atoms with Crippen LogP contribution in [0.4, 0.5) is 5.69 Å². The van der Waals surface area contributed by atoms with Crippen molar-refractivity contribution < 1.29 is 23.8 Å². The van der Waals surface area contributed by atoms with Gasteiger partial charge in [0.25, 0.3) is 0 Å². The number of carbonyl (C=O) groups is 2. The molecule has 142 valence electrons. The lowest BCUT2D eigenvalue weighted by Crippen LogP contribution is -2.18. The molecule has 0 fully saturated rings. The zero-order chi connectivity index (χ0) is 19.8. The third kappa shape index (κ3) is 6.42. The lowest BCUT2D eigenvalue weighted by atomic mass is 10.2. The summed E-state index contributed by atoms with van der Waals surface area (Å²) >= 11 is 6.11. The minimum Gasteiger partial charge on any atom is -0.482 e. The molecule has 2 aromatic rings. The third-order valence-electron chi connectivity index (χ3n) is 3.32. The zero-order valence-corrected chi connectivity index (χ0v) is 16.0. The number of aliphatic imine (C=N–C) groups is 1. The van der Waals surface area contributed by atoms with Crippen molar-refractivity contribution in [2.24, 2.45) is 4.99 Å². The Balaban J connectivity index is 2.02. The maximum atomic E-state index is 11.6. The summed E-state index contributed by atoms with van der Waals surface area (Å²) in [6.45, 7) is 3.40. The van der Waals surface area contributed by atoms with E-state index in [1.807, 2.05) is 0 Å². The Hall–Kier alpha value is -2.86. The molecule has 7 heteroatoms. The standard InChI is InChI=1S/C20H20ClNO5/c1-13(2)27-19(23)12-26-16-7-4-14(5-8-16)11-22-18-10-15(20(24)25-3)6-9-17(18)21/h4-11,13H,12H2,1-3H3. The SMILES string of the molecule is COC(=O)c1ccc(Cl)c(N=Cc2ccc(OCC(=O)OC(C)C)cc2)c1. The van der Waals surface area contributed by atoms with Crippen LogP contribution in [-0.2, 0) is 14.3 Å². The largest absolute Gasteiger partial charge is 0.482 e. The molecule has 0 aliphatic heterocycles. The molecular formula is C20H20ClNO5. The second kappa shape index (κ2) is 9.73. The number of rotatable bonds is 7. The number of hydrogen-bond donors (Lipinski definition) is 0. The van der Waals surface area contributed by atoms with E-state index in [9.17, 15) is 9.59 Å². The van der Waals surface area contributed by atoms with Gasteiger partial charge in [0.05, 0.1) is 29.5 Å². The van der Waals surface area contributed by atoms with Gasteiger partial charge in [0, 0.05) is 6.21 Å². The van der Waals surface area contributed by atoms with Crippen molar-refractivity contribution in [2.75, 3.05) is 13.7 Å². The fraction of sp³-hybridized carbons (Fsp3) is 0.250. The summed E-state index contributed by atoms with van der Waals surface area (Å²) in [6.07, 6.45) is 1.43. The first-order valence-electron chi connectivity index (χ1n) is 8.23. The van der Waals surface area contributed by atoms with Crippen LogP contribution >= 0.6 is 11.6 Å². The number of esters is 2. The lowest BCUT2D eigenvalue weighted by molar-refractivity contribution is -0.149. The first-order chi connectivity index (χ1) is 12.9. The van der Waals surface area contributed by atoms with Crippen molar-refractivity contribution >= 4 is 35.4 Å². The van der Waals surface area contributed by atoms with Crippen molar-refractivity contribution in [1.82, 2.24) is 0 Å². The number of hydrogen-bond acceptors (Lipinski definition) is 6. The molecule has 0 unspecified atom stereocenters. The van der Waals surface area contributed by atoms with Crippen LogP contribution in [0.3, 0.4) is 0 Å². The van der Waals surface area contributed by atoms with Gasteiger partial charge in [-0.3, -0.25) is 4.99 Å². The zero-order valence-electron chi connectivity index (χ0n) is 15.3. The van der Waals surface area contributed by atoms with Crippen molar-refractivity contribution in [3.05, 3.63) is 58.6 Å². The molecule has 6 nitrogen and oxygen atoms in total. The van der Waals surface area contributed by atoms with Crippen molar-refractivity contribution in [2.45, 2.75) is 20.0 Å². The van der Waals surface area contributed by atoms with Crippen LogP contribution in [-0.4, -0.2) is 38.0 Å². The fourth-order valence-corrected chi connectivity index (χ4v) is 2.26. The smallest absolute Gasteiger partial charge is 0.344 e. The number of ether oxygens (including phenoxy) is 3. The molecule has 0 aromatic heterocycles. The van der Waals surface area contributed by atoms with Crippen molar-refractivity contribution in [3.63, 3.8) is 0 Å². The van der Waals surface area contributed by atoms with Gasteiger partial charge < -0.3 is 14.2 Å². The first-order valence-corrected chi connectivity index (χ1v) is 8.61. The second-order valence-electron chi connectivity index (χ2n) is 5.81. The maximum Gasteiger partial charge on any atom is 0.344 e. The van der Waals surface area contributed by atoms with Crippen LogP contribution in [0.2, 0.25) is 5.02 Å². The Bertz CT molecular complexity index is 831. The summed E-state index contributed by atoms with van der Waals surface area (Å²) in [5.74, 6) is -0.338. The Morgan fingerprint density at radius 1 is 1.15 bits per heavy atom. The average Bonchev–Trinajstić information content (AvgIpc) is 2.65. The summed E-state index contributed by atoms with van der Waals surface area (Å²) in [4.78, 5) is 27.4. The normalized spacial score (nSPS) is 10.9. The van der Waals surface area contributed by atoms with Crippen LogP contribution in [0.25, 0.3) is 0 Å². The predicted octanol–water partition coefficient (Wildman–Crippen LogP) is 4.21. The minimum absolute atomic E-state index is 0.151. The summed E-state index contributed by atoms with van der Waals surface area (Å²) in [7, 11) is 1.31. The summed E-state index contributed by atoms with van der Waals surface area (Å²) in [5, 5.41) is 0.419. The van der Waals surface area contributed by atoms with Gasteiger partial charge in [-0.1, -0.05) is 11.6 Å². The number of benzene rings is 2. The highest BCUT2D eigenvalue weighted by molar-refractivity contribution is 6.33. The molecule has 0 bridgehead atoms. The number of methoxy groups -OCH3 is 1. The van der Waals surface area contributed by atoms with Crippen molar-refractivity contribution in [3.8, 4) is 5.75 Å². The molecule has 0 saturated heterocycles. The Morgan fingerprint density at radius 3 is 2.48 bits per heavy atom. The van der Waals surface area contributed by atoms with E-state index < -0.39 is 11.9 Å². The molecular weight excluding hydrogens is 370 g/mol. The lowest BCUT2D eigenvalue weighted by Gasteiger charge is -2.09. The monoisotopic (exact) mass is 389 g/mol. The third-order valence-corrected chi connectivity index (χ3v) is 3.64. The van der Waals surface area contributed by atoms with Gasteiger partial charge in [-0.2, -0.15) is 0 Å². The van der Waals surface area contributed by atoms with E-state index in [4.69, 9.17) is 21.1 Å². The van der Waals surface area contributed by atoms with Gasteiger partial charge in [0.1, 0.15) is 5.75 Å². The van der Waals surface area contributed by atoms with E-state index in [0.29, 0.717) is 22.0 Å². The Kier molecular flexibility index (Phi) is 7.37. The van der Waals surface area contributed by atoms with Crippen LogP contribution < -0.4 is 4.74 Å². The van der Waals surface area contributed by atoms with Gasteiger partial charge in [-0.15, -0.1) is 0 Å². The quantitative estimate of drug-likeness (QED) is 0.524. The topological polar surface area (TPSA) is 74.2 Å². The highest BCUT2D eigenvalue weighted by Gasteiger charge is 2.08. The average molecular weight is 390 g/mol. The minimum atomic E-state index is -0.458. The summed E-state index contributed by atoms with van der Waals surface area (Å²) in [5.41, 5.74) is 1.62. The summed E-state index contributed by atoms with van der Waals surface area (Å²) < 4.78 is 15.1. The maximum absolute atomic E-state index is 11.6. The van der Waals surface area contributed by atoms with E-state index in [0.717, 1.165) is 5.56 Å². The van der Waals surface area contributed by atoms with Crippen LogP contribution in [0, 0.1) is 0 Å². The van der Waals surface area contributed by atoms with E-state index in [1.165, 1.54) is 7.11 Å². The second-order valence-corrected chi connectivity index (χ2v) is 6.22. The fourth-order valence-electron chi connectivity index (χ4n) is 2.09. The van der Waals surface area contributed by atoms with Crippen LogP contribution in [0.15, 0.2) is 47.5 Å². The van der Waals surface area contributed by atoms with Crippen LogP contribution in [0.5, 0.6) is 5.75 Å². The molecule has 2 rings (SSSR count). The van der Waals surface area contributed by atoms with Crippen LogP contribution in [0.1, 0.15) is 29.8 Å². The van der Waals surface area contributed by atoms with Gasteiger partial charge in [0.2, 0.25) is 0 Å². The van der Waals surface area contributed by atoms with Gasteiger partial charge in [-0.25, -0.2) is 9.59 Å². The highest BCUT2D eigenvalue weighted by Crippen LogP contribution is 2.26. The van der Waals surface area contributed by atoms with Gasteiger partial charge in [-0.05, 0) is 61.9 Å². The van der Waals surface area contributed by atoms with E-state index in [2.05, 4.69) is 9.73 Å². The first kappa shape index (κ1) is 20.5. The van der Waals surface area contributed by atoms with E-state index in [1.54, 1.807) is 62.5 Å². The molecule has 0 aliphatic carbocycles. The number of halogens is 1. The molecule has 0 amide bonds. The molecule has 2 aromatic carbocycles. The van der Waals surface area contributed by atoms with E-state index in [-0.39, 0.29) is 12.7 Å². The Labute approximate surface area is 162 Å². The number of nitrogens with zero attached hydrogens (tertiary/aromatic N) is 1. The molecule has 0 N–H and O–H groups in total. The summed E-state index contributed by atoms with van der Waals surface area (Å²) in [6, 6.07) is 11.7. The molecule has 0 spiro atoms. The molecule has 27 heavy (non-hydrogen) atoms. The highest BCUT2D eigenvalue weighted by atomic mass is 35.5. The molecule has 0 atom stereocenters.